The molecule has 0 spiro atoms. The Morgan fingerprint density at radius 2 is 1.66 bits per heavy atom. The number of benzene rings is 2. The highest BCUT2D eigenvalue weighted by Gasteiger charge is 2.14. The number of aromatic nitrogens is 2. The number of pyridine rings is 1. The highest BCUT2D eigenvalue weighted by atomic mass is 32.2. The van der Waals surface area contributed by atoms with E-state index in [0.717, 1.165) is 45.0 Å². The van der Waals surface area contributed by atoms with Gasteiger partial charge in [0.05, 0.1) is 16.5 Å². The molecule has 2 aromatic heterocycles. The number of H-pyrrole nitrogens is 1. The lowest BCUT2D eigenvalue weighted by molar-refractivity contribution is 0.628. The third-order valence-electron chi connectivity index (χ3n) is 5.01. The van der Waals surface area contributed by atoms with E-state index in [2.05, 4.69) is 16.0 Å². The smallest absolute Gasteiger partial charge is 0.133 e. The molecule has 2 heterocycles. The van der Waals surface area contributed by atoms with Gasteiger partial charge < -0.3 is 4.98 Å². The van der Waals surface area contributed by atoms with Gasteiger partial charge in [-0.15, -0.1) is 0 Å². The summed E-state index contributed by atoms with van der Waals surface area (Å²) >= 11 is 1.19. The molecule has 0 aliphatic carbocycles. The molecule has 32 heavy (non-hydrogen) atoms. The summed E-state index contributed by atoms with van der Waals surface area (Å²) in [7, 11) is -1.09. The molecule has 0 aliphatic rings. The Kier molecular flexibility index (Phi) is 7.15. The Bertz CT molecular complexity index is 1250. The maximum Gasteiger partial charge on any atom is 0.133 e. The topological polar surface area (TPSA) is 69.5 Å². The molecule has 4 rings (SSSR count). The van der Waals surface area contributed by atoms with E-state index >= 15 is 0 Å². The van der Waals surface area contributed by atoms with Crippen molar-refractivity contribution in [3.63, 3.8) is 0 Å². The number of nitrogens with zero attached hydrogens (tertiary/aromatic N) is 2. The first kappa shape index (κ1) is 22.0. The summed E-state index contributed by atoms with van der Waals surface area (Å²) < 4.78 is 25.9. The van der Waals surface area contributed by atoms with E-state index in [1.807, 2.05) is 41.8 Å². The van der Waals surface area contributed by atoms with Crippen LogP contribution in [0.2, 0.25) is 0 Å². The van der Waals surface area contributed by atoms with Crippen LogP contribution in [-0.2, 0) is 10.8 Å². The van der Waals surface area contributed by atoms with Crippen LogP contribution in [0.1, 0.15) is 6.42 Å². The first-order chi connectivity index (χ1) is 15.7. The van der Waals surface area contributed by atoms with Crippen LogP contribution in [0.15, 0.2) is 84.0 Å². The van der Waals surface area contributed by atoms with Gasteiger partial charge >= 0.3 is 0 Å². The molecule has 7 heteroatoms. The minimum absolute atomic E-state index is 0.277. The molecule has 2 aromatic carbocycles. The van der Waals surface area contributed by atoms with Crippen molar-refractivity contribution in [1.82, 2.24) is 9.97 Å². The number of hydrogen-bond donors (Lipinski definition) is 1. The predicted octanol–water partition coefficient (Wildman–Crippen LogP) is 6.26. The van der Waals surface area contributed by atoms with E-state index in [1.165, 1.54) is 23.9 Å². The molecule has 4 aromatic rings. The third kappa shape index (κ3) is 5.16. The molecule has 1 unspecified atom stereocenters. The quantitative estimate of drug-likeness (QED) is 0.248. The van der Waals surface area contributed by atoms with Crippen molar-refractivity contribution in [1.29, 1.82) is 5.26 Å². The maximum absolute atomic E-state index is 13.5. The fourth-order valence-electron chi connectivity index (χ4n) is 3.43. The number of rotatable bonds is 8. The number of halogens is 1. The Balaban J connectivity index is 1.63. The van der Waals surface area contributed by atoms with Gasteiger partial charge in [-0.2, -0.15) is 5.26 Å². The summed E-state index contributed by atoms with van der Waals surface area (Å²) in [5.74, 6) is 0.949. The van der Waals surface area contributed by atoms with E-state index in [1.54, 1.807) is 24.5 Å². The molecule has 4 nitrogen and oxygen atoms in total. The number of aromatic amines is 1. The lowest BCUT2D eigenvalue weighted by Gasteiger charge is -2.05. The molecular weight excluding hydrogens is 441 g/mol. The van der Waals surface area contributed by atoms with Gasteiger partial charge in [0, 0.05) is 40.1 Å². The van der Waals surface area contributed by atoms with Crippen LogP contribution in [0.5, 0.6) is 0 Å². The van der Waals surface area contributed by atoms with E-state index < -0.39 is 10.8 Å². The molecule has 0 saturated heterocycles. The summed E-state index contributed by atoms with van der Waals surface area (Å²) in [6, 6.07) is 20.0. The average molecular weight is 462 g/mol. The first-order valence-electron chi connectivity index (χ1n) is 10.0. The van der Waals surface area contributed by atoms with Gasteiger partial charge in [0.1, 0.15) is 11.2 Å². The van der Waals surface area contributed by atoms with Crippen LogP contribution in [0.25, 0.3) is 33.6 Å². The number of thiocyanates is 1. The summed E-state index contributed by atoms with van der Waals surface area (Å²) in [6.07, 6.45) is 4.23. The summed E-state index contributed by atoms with van der Waals surface area (Å²) in [6.45, 7) is 0. The van der Waals surface area contributed by atoms with Crippen LogP contribution in [-0.4, -0.2) is 25.7 Å². The highest BCUT2D eigenvalue weighted by molar-refractivity contribution is 8.03. The van der Waals surface area contributed by atoms with Gasteiger partial charge in [-0.1, -0.05) is 12.1 Å². The van der Waals surface area contributed by atoms with E-state index in [4.69, 9.17) is 5.26 Å². The van der Waals surface area contributed by atoms with Crippen LogP contribution >= 0.6 is 11.8 Å². The Morgan fingerprint density at radius 3 is 2.34 bits per heavy atom. The van der Waals surface area contributed by atoms with Crippen LogP contribution in [0.4, 0.5) is 4.39 Å². The standard InChI is InChI=1S/C25H20FN3OS2/c26-21-6-2-20(3-7-21)25-23(18-10-12-28-13-11-18)16-24(29-25)19-4-8-22(9-5-19)32(30)15-1-14-31-17-27/h2-13,16,29H,1,14-15H2. The fourth-order valence-corrected chi connectivity index (χ4v) is 5.07. The Morgan fingerprint density at radius 1 is 0.969 bits per heavy atom. The van der Waals surface area contributed by atoms with Gasteiger partial charge in [0.15, 0.2) is 0 Å². The molecule has 0 radical (unpaired) electrons. The number of nitrogens with one attached hydrogen (secondary N) is 1. The van der Waals surface area contributed by atoms with Crippen molar-refractivity contribution in [3.05, 3.63) is 84.9 Å². The zero-order chi connectivity index (χ0) is 22.3. The van der Waals surface area contributed by atoms with Gasteiger partial charge in [0.2, 0.25) is 0 Å². The minimum atomic E-state index is -1.09. The lowest BCUT2D eigenvalue weighted by atomic mass is 10.0. The Hall–Kier alpha value is -3.21. The maximum atomic E-state index is 13.5. The van der Waals surface area contributed by atoms with Crippen molar-refractivity contribution >= 4 is 22.6 Å². The second-order valence-corrected chi connectivity index (χ2v) is 9.53. The van der Waals surface area contributed by atoms with Gasteiger partial charge in [-0.25, -0.2) is 4.39 Å². The summed E-state index contributed by atoms with van der Waals surface area (Å²) in [4.78, 5) is 8.35. The number of hydrogen-bond acceptors (Lipinski definition) is 4. The van der Waals surface area contributed by atoms with Crippen molar-refractivity contribution < 1.29 is 8.60 Å². The molecule has 0 bridgehead atoms. The van der Waals surface area contributed by atoms with Crippen LogP contribution in [0.3, 0.4) is 0 Å². The zero-order valence-corrected chi connectivity index (χ0v) is 18.8. The van der Waals surface area contributed by atoms with Crippen molar-refractivity contribution in [2.75, 3.05) is 11.5 Å². The second kappa shape index (κ2) is 10.4. The highest BCUT2D eigenvalue weighted by Crippen LogP contribution is 2.36. The van der Waals surface area contributed by atoms with Crippen LogP contribution in [0, 0.1) is 16.5 Å². The van der Waals surface area contributed by atoms with E-state index in [-0.39, 0.29) is 5.82 Å². The number of thioether (sulfide) groups is 1. The van der Waals surface area contributed by atoms with Crippen molar-refractivity contribution in [2.45, 2.75) is 11.3 Å². The Labute approximate surface area is 193 Å². The SMILES string of the molecule is N#CSCCCS(=O)c1ccc(-c2cc(-c3ccncc3)c(-c3ccc(F)cc3)[nH]2)cc1. The molecular formula is C25H20FN3OS2. The van der Waals surface area contributed by atoms with Crippen molar-refractivity contribution in [3.8, 4) is 39.0 Å². The molecule has 1 atom stereocenters. The first-order valence-corrected chi connectivity index (χ1v) is 12.3. The molecule has 0 amide bonds. The fraction of sp³-hybridized carbons (Fsp3) is 0.120. The molecule has 1 N–H and O–H groups in total. The van der Waals surface area contributed by atoms with Crippen molar-refractivity contribution in [2.24, 2.45) is 0 Å². The molecule has 0 aliphatic heterocycles. The van der Waals surface area contributed by atoms with Gasteiger partial charge in [-0.05, 0) is 89.5 Å². The second-order valence-electron chi connectivity index (χ2n) is 7.08. The average Bonchev–Trinajstić information content (AvgIpc) is 3.28. The van der Waals surface area contributed by atoms with Gasteiger partial charge in [-0.3, -0.25) is 9.19 Å². The molecule has 160 valence electrons. The molecule has 0 saturated carbocycles. The summed E-state index contributed by atoms with van der Waals surface area (Å²) in [5.41, 5.74) is 5.67. The summed E-state index contributed by atoms with van der Waals surface area (Å²) in [5, 5.41) is 10.6. The van der Waals surface area contributed by atoms with E-state index in [0.29, 0.717) is 11.5 Å². The third-order valence-corrected chi connectivity index (χ3v) is 7.09. The lowest BCUT2D eigenvalue weighted by Crippen LogP contribution is -1.99. The normalized spacial score (nSPS) is 11.8. The van der Waals surface area contributed by atoms with Gasteiger partial charge in [0.25, 0.3) is 0 Å². The van der Waals surface area contributed by atoms with E-state index in [9.17, 15) is 8.60 Å². The monoisotopic (exact) mass is 461 g/mol. The largest absolute Gasteiger partial charge is 0.354 e. The molecule has 0 fully saturated rings. The predicted molar refractivity (Wildman–Crippen MR) is 129 cm³/mol. The number of nitriles is 1. The minimum Gasteiger partial charge on any atom is -0.354 e. The van der Waals surface area contributed by atoms with Crippen LogP contribution < -0.4 is 0 Å². The zero-order valence-electron chi connectivity index (χ0n) is 17.1.